The second kappa shape index (κ2) is 11.9. The van der Waals surface area contributed by atoms with E-state index in [2.05, 4.69) is 82.5 Å². The summed E-state index contributed by atoms with van der Waals surface area (Å²) in [4.78, 5) is 15.6. The molecule has 0 bridgehead atoms. The minimum atomic E-state index is 0.119. The molecule has 8 nitrogen and oxygen atoms in total. The van der Waals surface area contributed by atoms with Crippen molar-refractivity contribution in [1.82, 2.24) is 24.1 Å². The highest BCUT2D eigenvalue weighted by Gasteiger charge is 2.25. The largest absolute Gasteiger partial charge is 0.497 e. The van der Waals surface area contributed by atoms with Gasteiger partial charge in [-0.2, -0.15) is 0 Å². The third kappa shape index (κ3) is 5.18. The molecule has 216 valence electrons. The van der Waals surface area contributed by atoms with Crippen LogP contribution >= 0.6 is 0 Å². The van der Waals surface area contributed by atoms with Crippen molar-refractivity contribution < 1.29 is 9.57 Å². The minimum absolute atomic E-state index is 0.119. The van der Waals surface area contributed by atoms with Gasteiger partial charge in [-0.1, -0.05) is 96.2 Å². The molecule has 0 N–H and O–H groups in total. The predicted molar refractivity (Wildman–Crippen MR) is 173 cm³/mol. The van der Waals surface area contributed by atoms with E-state index in [9.17, 15) is 0 Å². The SMILES string of the molecule is COc1ccc(/C(C)=N\OCc2nc3c4c(-c5ccccc5)c(-c5ccccc5)n(Cc5ccccc5)c4ncn3n2)cc1. The summed E-state index contributed by atoms with van der Waals surface area (Å²) < 4.78 is 9.27. The third-order valence-electron chi connectivity index (χ3n) is 7.62. The van der Waals surface area contributed by atoms with Gasteiger partial charge in [0.15, 0.2) is 18.1 Å². The van der Waals surface area contributed by atoms with Crippen LogP contribution in [-0.2, 0) is 18.0 Å². The average Bonchev–Trinajstić information content (AvgIpc) is 3.65. The Morgan fingerprint density at radius 1 is 0.773 bits per heavy atom. The number of ether oxygens (including phenoxy) is 1. The van der Waals surface area contributed by atoms with E-state index in [1.54, 1.807) is 18.0 Å². The molecule has 3 aromatic heterocycles. The fraction of sp³-hybridized carbons (Fsp3) is 0.111. The number of benzene rings is 4. The minimum Gasteiger partial charge on any atom is -0.497 e. The number of hydrogen-bond acceptors (Lipinski definition) is 6. The van der Waals surface area contributed by atoms with E-state index in [1.165, 1.54) is 5.56 Å². The molecule has 0 fully saturated rings. The molecule has 8 heteroatoms. The van der Waals surface area contributed by atoms with E-state index in [0.29, 0.717) is 18.0 Å². The number of rotatable bonds is 9. The number of aromatic nitrogens is 5. The van der Waals surface area contributed by atoms with Gasteiger partial charge in [0, 0.05) is 12.1 Å². The molecule has 0 spiro atoms. The molecule has 0 saturated carbocycles. The van der Waals surface area contributed by atoms with Crippen molar-refractivity contribution in [1.29, 1.82) is 0 Å². The van der Waals surface area contributed by atoms with Crippen molar-refractivity contribution >= 4 is 22.4 Å². The molecule has 4 aromatic carbocycles. The maximum Gasteiger partial charge on any atom is 0.192 e. The van der Waals surface area contributed by atoms with Gasteiger partial charge >= 0.3 is 0 Å². The maximum atomic E-state index is 5.72. The van der Waals surface area contributed by atoms with Crippen LogP contribution in [0.25, 0.3) is 39.1 Å². The summed E-state index contributed by atoms with van der Waals surface area (Å²) >= 11 is 0. The Hall–Kier alpha value is -5.76. The molecular weight excluding hydrogens is 548 g/mol. The van der Waals surface area contributed by atoms with Crippen molar-refractivity contribution in [3.63, 3.8) is 0 Å². The molecule has 7 rings (SSSR count). The van der Waals surface area contributed by atoms with Crippen molar-refractivity contribution in [2.45, 2.75) is 20.1 Å². The van der Waals surface area contributed by atoms with Gasteiger partial charge < -0.3 is 14.1 Å². The second-order valence-corrected chi connectivity index (χ2v) is 10.4. The van der Waals surface area contributed by atoms with E-state index < -0.39 is 0 Å². The monoisotopic (exact) mass is 578 g/mol. The van der Waals surface area contributed by atoms with Crippen LogP contribution in [0.4, 0.5) is 0 Å². The van der Waals surface area contributed by atoms with Crippen LogP contribution in [0.1, 0.15) is 23.9 Å². The molecule has 0 aliphatic rings. The van der Waals surface area contributed by atoms with E-state index in [1.807, 2.05) is 49.4 Å². The van der Waals surface area contributed by atoms with E-state index in [-0.39, 0.29) is 6.61 Å². The van der Waals surface area contributed by atoms with Crippen LogP contribution in [-0.4, -0.2) is 37.0 Å². The zero-order valence-corrected chi connectivity index (χ0v) is 24.5. The highest BCUT2D eigenvalue weighted by molar-refractivity contribution is 6.09. The Bertz CT molecular complexity index is 2070. The highest BCUT2D eigenvalue weighted by atomic mass is 16.6. The first kappa shape index (κ1) is 27.1. The van der Waals surface area contributed by atoms with Crippen LogP contribution in [0.2, 0.25) is 0 Å². The molecule has 0 radical (unpaired) electrons. The standard InChI is InChI=1S/C36H30N6O2/c1-25(27-18-20-30(43-2)21-19-27)40-44-23-31-38-36-33-32(28-14-8-4-9-15-28)34(29-16-10-5-11-17-29)41(22-26-12-6-3-7-13-26)35(33)37-24-42(36)39-31/h3-21,24H,22-23H2,1-2H3/b40-25-. The number of oxime groups is 1. The average molecular weight is 579 g/mol. The molecule has 7 aromatic rings. The second-order valence-electron chi connectivity index (χ2n) is 10.4. The van der Waals surface area contributed by atoms with Gasteiger partial charge in [0.1, 0.15) is 17.7 Å². The van der Waals surface area contributed by atoms with Crippen LogP contribution in [0.5, 0.6) is 5.75 Å². The Labute approximate surface area is 254 Å². The van der Waals surface area contributed by atoms with Gasteiger partial charge in [0.05, 0.1) is 23.9 Å². The summed E-state index contributed by atoms with van der Waals surface area (Å²) in [7, 11) is 1.65. The first-order valence-corrected chi connectivity index (χ1v) is 14.4. The van der Waals surface area contributed by atoms with Gasteiger partial charge in [-0.25, -0.2) is 14.5 Å². The molecule has 0 saturated heterocycles. The number of methoxy groups -OCH3 is 1. The quantitative estimate of drug-likeness (QED) is 0.132. The third-order valence-corrected chi connectivity index (χ3v) is 7.62. The van der Waals surface area contributed by atoms with Crippen LogP contribution in [0.15, 0.2) is 127 Å². The highest BCUT2D eigenvalue weighted by Crippen LogP contribution is 2.42. The van der Waals surface area contributed by atoms with Crippen molar-refractivity contribution in [2.24, 2.45) is 5.16 Å². The summed E-state index contributed by atoms with van der Waals surface area (Å²) in [6.07, 6.45) is 1.73. The van der Waals surface area contributed by atoms with Crippen molar-refractivity contribution in [2.75, 3.05) is 7.11 Å². The Balaban J connectivity index is 1.35. The first-order chi connectivity index (χ1) is 21.7. The predicted octanol–water partition coefficient (Wildman–Crippen LogP) is 7.41. The normalized spacial score (nSPS) is 11.7. The Morgan fingerprint density at radius 3 is 2.11 bits per heavy atom. The zero-order valence-electron chi connectivity index (χ0n) is 24.5. The van der Waals surface area contributed by atoms with Gasteiger partial charge in [-0.15, -0.1) is 5.10 Å². The topological polar surface area (TPSA) is 78.8 Å². The van der Waals surface area contributed by atoms with Crippen molar-refractivity contribution in [3.05, 3.63) is 139 Å². The molecular formula is C36H30N6O2. The van der Waals surface area contributed by atoms with E-state index in [0.717, 1.165) is 50.4 Å². The lowest BCUT2D eigenvalue weighted by molar-refractivity contribution is 0.125. The van der Waals surface area contributed by atoms with Crippen LogP contribution in [0, 0.1) is 0 Å². The van der Waals surface area contributed by atoms with Crippen molar-refractivity contribution in [3.8, 4) is 28.1 Å². The summed E-state index contributed by atoms with van der Waals surface area (Å²) in [5, 5.41) is 9.96. The molecule has 3 heterocycles. The lowest BCUT2D eigenvalue weighted by atomic mass is 9.99. The number of nitrogens with zero attached hydrogens (tertiary/aromatic N) is 6. The van der Waals surface area contributed by atoms with Gasteiger partial charge in [-0.05, 0) is 53.4 Å². The summed E-state index contributed by atoms with van der Waals surface area (Å²) in [5.41, 5.74) is 8.76. The number of hydrogen-bond donors (Lipinski definition) is 0. The lowest BCUT2D eigenvalue weighted by Gasteiger charge is -2.13. The van der Waals surface area contributed by atoms with Gasteiger partial charge in [0.25, 0.3) is 0 Å². The molecule has 0 amide bonds. The Morgan fingerprint density at radius 2 is 1.43 bits per heavy atom. The molecule has 0 aliphatic heterocycles. The molecule has 0 aliphatic carbocycles. The molecule has 0 atom stereocenters. The number of fused-ring (bicyclic) bond motifs is 3. The maximum absolute atomic E-state index is 5.72. The van der Waals surface area contributed by atoms with E-state index in [4.69, 9.17) is 24.6 Å². The molecule has 44 heavy (non-hydrogen) atoms. The summed E-state index contributed by atoms with van der Waals surface area (Å²) in [5.74, 6) is 1.31. The lowest BCUT2D eigenvalue weighted by Crippen LogP contribution is -2.03. The summed E-state index contributed by atoms with van der Waals surface area (Å²) in [6, 6.07) is 39.0. The van der Waals surface area contributed by atoms with Gasteiger partial charge in [-0.3, -0.25) is 0 Å². The molecule has 0 unspecified atom stereocenters. The smallest absolute Gasteiger partial charge is 0.192 e. The zero-order chi connectivity index (χ0) is 29.9. The fourth-order valence-corrected chi connectivity index (χ4v) is 5.51. The fourth-order valence-electron chi connectivity index (χ4n) is 5.51. The van der Waals surface area contributed by atoms with Crippen LogP contribution < -0.4 is 4.74 Å². The van der Waals surface area contributed by atoms with E-state index >= 15 is 0 Å². The first-order valence-electron chi connectivity index (χ1n) is 14.4. The van der Waals surface area contributed by atoms with Crippen LogP contribution in [0.3, 0.4) is 0 Å². The Kier molecular flexibility index (Phi) is 7.30. The summed E-state index contributed by atoms with van der Waals surface area (Å²) in [6.45, 7) is 2.67. The van der Waals surface area contributed by atoms with Gasteiger partial charge in [0.2, 0.25) is 0 Å².